The Kier molecular flexibility index (Phi) is 3.46. The molecule has 0 unspecified atom stereocenters. The van der Waals surface area contributed by atoms with Gasteiger partial charge in [0.25, 0.3) is 0 Å². The third-order valence-electron chi connectivity index (χ3n) is 2.69. The Balaban J connectivity index is 1.82. The Hall–Kier alpha value is -1.78. The van der Waals surface area contributed by atoms with Gasteiger partial charge in [-0.1, -0.05) is 6.92 Å². The Morgan fingerprint density at radius 1 is 1.53 bits per heavy atom. The Labute approximate surface area is 99.4 Å². The number of nitrogens with zero attached hydrogens (tertiary/aromatic N) is 1. The van der Waals surface area contributed by atoms with Gasteiger partial charge in [0.2, 0.25) is 5.88 Å². The molecule has 0 radical (unpaired) electrons. The molecule has 0 amide bonds. The number of hydrogen-bond acceptors (Lipinski definition) is 4. The standard InChI is InChI=1S/C12H15NO4/c1-8-4-10(5-8)17-11-3-2-9(6-13-11)16-7-12(14)15/h2-3,6,8,10H,4-5,7H2,1H3,(H,14,15). The molecule has 1 aromatic rings. The third kappa shape index (κ3) is 3.34. The van der Waals surface area contributed by atoms with E-state index in [1.807, 2.05) is 0 Å². The molecule has 1 saturated carbocycles. The zero-order chi connectivity index (χ0) is 12.3. The molecular formula is C12H15NO4. The topological polar surface area (TPSA) is 68.7 Å². The SMILES string of the molecule is CC1CC(Oc2ccc(OCC(=O)O)cn2)C1. The molecule has 0 saturated heterocycles. The van der Waals surface area contributed by atoms with Crippen molar-refractivity contribution in [3.05, 3.63) is 18.3 Å². The van der Waals surface area contributed by atoms with Gasteiger partial charge in [0, 0.05) is 6.07 Å². The maximum atomic E-state index is 10.3. The van der Waals surface area contributed by atoms with Crippen molar-refractivity contribution in [2.75, 3.05) is 6.61 Å². The molecule has 1 aromatic heterocycles. The summed E-state index contributed by atoms with van der Waals surface area (Å²) in [6, 6.07) is 3.35. The highest BCUT2D eigenvalue weighted by Gasteiger charge is 2.27. The Bertz CT molecular complexity index is 384. The first kappa shape index (κ1) is 11.7. The predicted octanol–water partition coefficient (Wildman–Crippen LogP) is 1.72. The molecule has 0 aromatic carbocycles. The minimum Gasteiger partial charge on any atom is -0.480 e. The van der Waals surface area contributed by atoms with Crippen LogP contribution in [0.1, 0.15) is 19.8 Å². The van der Waals surface area contributed by atoms with Gasteiger partial charge in [-0.2, -0.15) is 0 Å². The van der Waals surface area contributed by atoms with Crippen molar-refractivity contribution in [2.45, 2.75) is 25.9 Å². The molecule has 1 heterocycles. The lowest BCUT2D eigenvalue weighted by atomic mass is 9.84. The van der Waals surface area contributed by atoms with Gasteiger partial charge in [0.1, 0.15) is 11.9 Å². The van der Waals surface area contributed by atoms with Crippen LogP contribution in [-0.2, 0) is 4.79 Å². The summed E-state index contributed by atoms with van der Waals surface area (Å²) >= 11 is 0. The van der Waals surface area contributed by atoms with Gasteiger partial charge in [-0.3, -0.25) is 0 Å². The molecule has 1 aliphatic carbocycles. The lowest BCUT2D eigenvalue weighted by Crippen LogP contribution is -2.32. The molecule has 1 fully saturated rings. The first-order valence-corrected chi connectivity index (χ1v) is 5.61. The van der Waals surface area contributed by atoms with Crippen molar-refractivity contribution >= 4 is 5.97 Å². The van der Waals surface area contributed by atoms with Gasteiger partial charge in [-0.25, -0.2) is 9.78 Å². The summed E-state index contributed by atoms with van der Waals surface area (Å²) in [5.74, 6) is 0.721. The Morgan fingerprint density at radius 3 is 2.82 bits per heavy atom. The van der Waals surface area contributed by atoms with Crippen LogP contribution in [0.5, 0.6) is 11.6 Å². The van der Waals surface area contributed by atoms with Gasteiger partial charge in [-0.05, 0) is 24.8 Å². The fraction of sp³-hybridized carbons (Fsp3) is 0.500. The average molecular weight is 237 g/mol. The molecule has 17 heavy (non-hydrogen) atoms. The van der Waals surface area contributed by atoms with Crippen molar-refractivity contribution in [1.82, 2.24) is 4.98 Å². The quantitative estimate of drug-likeness (QED) is 0.844. The van der Waals surface area contributed by atoms with Crippen molar-refractivity contribution < 1.29 is 19.4 Å². The lowest BCUT2D eigenvalue weighted by molar-refractivity contribution is -0.139. The molecule has 0 atom stereocenters. The molecular weight excluding hydrogens is 222 g/mol. The van der Waals surface area contributed by atoms with Crippen LogP contribution >= 0.6 is 0 Å². The predicted molar refractivity (Wildman–Crippen MR) is 60.2 cm³/mol. The van der Waals surface area contributed by atoms with E-state index in [-0.39, 0.29) is 12.7 Å². The van der Waals surface area contributed by atoms with E-state index < -0.39 is 5.97 Å². The van der Waals surface area contributed by atoms with Gasteiger partial charge in [-0.15, -0.1) is 0 Å². The van der Waals surface area contributed by atoms with Crippen molar-refractivity contribution in [3.8, 4) is 11.6 Å². The second kappa shape index (κ2) is 5.03. The first-order valence-electron chi connectivity index (χ1n) is 5.61. The molecule has 1 aliphatic rings. The minimum atomic E-state index is -1.01. The van der Waals surface area contributed by atoms with Crippen LogP contribution in [-0.4, -0.2) is 28.8 Å². The van der Waals surface area contributed by atoms with Crippen LogP contribution in [0.25, 0.3) is 0 Å². The monoisotopic (exact) mass is 237 g/mol. The zero-order valence-electron chi connectivity index (χ0n) is 9.63. The van der Waals surface area contributed by atoms with E-state index in [1.54, 1.807) is 12.1 Å². The van der Waals surface area contributed by atoms with E-state index >= 15 is 0 Å². The zero-order valence-corrected chi connectivity index (χ0v) is 9.63. The second-order valence-corrected chi connectivity index (χ2v) is 4.33. The van der Waals surface area contributed by atoms with E-state index in [0.29, 0.717) is 11.6 Å². The van der Waals surface area contributed by atoms with E-state index in [1.165, 1.54) is 6.20 Å². The molecule has 0 aliphatic heterocycles. The highest BCUT2D eigenvalue weighted by atomic mass is 16.5. The van der Waals surface area contributed by atoms with Crippen LogP contribution in [0.15, 0.2) is 18.3 Å². The lowest BCUT2D eigenvalue weighted by Gasteiger charge is -2.32. The number of aromatic nitrogens is 1. The van der Waals surface area contributed by atoms with E-state index in [9.17, 15) is 4.79 Å². The number of carbonyl (C=O) groups is 1. The van der Waals surface area contributed by atoms with Crippen LogP contribution in [0.2, 0.25) is 0 Å². The maximum absolute atomic E-state index is 10.3. The fourth-order valence-corrected chi connectivity index (χ4v) is 1.76. The van der Waals surface area contributed by atoms with Crippen molar-refractivity contribution in [1.29, 1.82) is 0 Å². The van der Waals surface area contributed by atoms with E-state index in [0.717, 1.165) is 18.8 Å². The summed E-state index contributed by atoms with van der Waals surface area (Å²) in [5, 5.41) is 8.44. The van der Waals surface area contributed by atoms with Crippen LogP contribution in [0.4, 0.5) is 0 Å². The summed E-state index contributed by atoms with van der Waals surface area (Å²) in [7, 11) is 0. The molecule has 5 heteroatoms. The minimum absolute atomic E-state index is 0.267. The van der Waals surface area contributed by atoms with Crippen LogP contribution in [0, 0.1) is 5.92 Å². The van der Waals surface area contributed by atoms with Gasteiger partial charge >= 0.3 is 5.97 Å². The molecule has 5 nitrogen and oxygen atoms in total. The summed E-state index contributed by atoms with van der Waals surface area (Å²) in [4.78, 5) is 14.4. The molecule has 2 rings (SSSR count). The highest BCUT2D eigenvalue weighted by molar-refractivity contribution is 5.68. The number of carboxylic acid groups (broad SMARTS) is 1. The molecule has 0 bridgehead atoms. The average Bonchev–Trinajstić information content (AvgIpc) is 2.26. The van der Waals surface area contributed by atoms with Crippen LogP contribution in [0.3, 0.4) is 0 Å². The normalized spacial score (nSPS) is 22.6. The molecule has 92 valence electrons. The number of carboxylic acids is 1. The maximum Gasteiger partial charge on any atom is 0.341 e. The molecule has 0 spiro atoms. The van der Waals surface area contributed by atoms with Gasteiger partial charge in [0.15, 0.2) is 6.61 Å². The number of pyridine rings is 1. The third-order valence-corrected chi connectivity index (χ3v) is 2.69. The Morgan fingerprint density at radius 2 is 2.29 bits per heavy atom. The van der Waals surface area contributed by atoms with Crippen LogP contribution < -0.4 is 9.47 Å². The second-order valence-electron chi connectivity index (χ2n) is 4.33. The fourth-order valence-electron chi connectivity index (χ4n) is 1.76. The van der Waals surface area contributed by atoms with Gasteiger partial charge in [0.05, 0.1) is 6.20 Å². The summed E-state index contributed by atoms with van der Waals surface area (Å²) in [5.41, 5.74) is 0. The van der Waals surface area contributed by atoms with Crippen molar-refractivity contribution in [2.24, 2.45) is 5.92 Å². The number of rotatable bonds is 5. The smallest absolute Gasteiger partial charge is 0.341 e. The number of ether oxygens (including phenoxy) is 2. The van der Waals surface area contributed by atoms with Crippen molar-refractivity contribution in [3.63, 3.8) is 0 Å². The highest BCUT2D eigenvalue weighted by Crippen LogP contribution is 2.30. The summed E-state index contributed by atoms with van der Waals surface area (Å²) in [6.07, 6.45) is 3.88. The summed E-state index contributed by atoms with van der Waals surface area (Å²) in [6.45, 7) is 1.83. The van der Waals surface area contributed by atoms with Gasteiger partial charge < -0.3 is 14.6 Å². The van der Waals surface area contributed by atoms with E-state index in [2.05, 4.69) is 11.9 Å². The number of hydrogen-bond donors (Lipinski definition) is 1. The largest absolute Gasteiger partial charge is 0.480 e. The molecule has 1 N–H and O–H groups in total. The number of aliphatic carboxylic acids is 1. The first-order chi connectivity index (χ1) is 8.13. The summed E-state index contributed by atoms with van der Waals surface area (Å²) < 4.78 is 10.6. The van der Waals surface area contributed by atoms with E-state index in [4.69, 9.17) is 14.6 Å².